The molecule has 0 bridgehead atoms. The smallest absolute Gasteiger partial charge is 0.223 e. The van der Waals surface area contributed by atoms with Gasteiger partial charge in [-0.15, -0.1) is 12.4 Å². The SMILES string of the molecule is Cl.O=C(NCC1CCCN1)C1CC1c1cccc(Cl)c1Cl. The van der Waals surface area contributed by atoms with Gasteiger partial charge in [0.15, 0.2) is 0 Å². The Balaban J connectivity index is 0.00000161. The fourth-order valence-corrected chi connectivity index (χ4v) is 3.37. The fourth-order valence-electron chi connectivity index (χ4n) is 2.92. The first-order valence-corrected chi connectivity index (χ1v) is 7.87. The van der Waals surface area contributed by atoms with Crippen LogP contribution in [-0.2, 0) is 4.79 Å². The zero-order chi connectivity index (χ0) is 14.1. The van der Waals surface area contributed by atoms with Crippen LogP contribution in [0.1, 0.15) is 30.7 Å². The van der Waals surface area contributed by atoms with Crippen molar-refractivity contribution in [2.75, 3.05) is 13.1 Å². The topological polar surface area (TPSA) is 41.1 Å². The molecule has 1 aliphatic heterocycles. The van der Waals surface area contributed by atoms with Crippen molar-refractivity contribution >= 4 is 41.5 Å². The van der Waals surface area contributed by atoms with Gasteiger partial charge in [-0.3, -0.25) is 4.79 Å². The van der Waals surface area contributed by atoms with Crippen LogP contribution in [-0.4, -0.2) is 25.0 Å². The van der Waals surface area contributed by atoms with Crippen molar-refractivity contribution in [2.24, 2.45) is 5.92 Å². The lowest BCUT2D eigenvalue weighted by atomic mass is 10.1. The van der Waals surface area contributed by atoms with Crippen LogP contribution in [0.5, 0.6) is 0 Å². The lowest BCUT2D eigenvalue weighted by Crippen LogP contribution is -2.38. The Morgan fingerprint density at radius 2 is 2.19 bits per heavy atom. The van der Waals surface area contributed by atoms with Gasteiger partial charge in [-0.1, -0.05) is 35.3 Å². The predicted molar refractivity (Wildman–Crippen MR) is 88.6 cm³/mol. The predicted octanol–water partition coefficient (Wildman–Crippen LogP) is 3.39. The number of hydrogen-bond acceptors (Lipinski definition) is 2. The Hall–Kier alpha value is -0.480. The molecule has 0 spiro atoms. The molecule has 3 nitrogen and oxygen atoms in total. The van der Waals surface area contributed by atoms with Crippen LogP contribution in [0.15, 0.2) is 18.2 Å². The van der Waals surface area contributed by atoms with E-state index < -0.39 is 0 Å². The maximum absolute atomic E-state index is 12.1. The third-order valence-electron chi connectivity index (χ3n) is 4.19. The van der Waals surface area contributed by atoms with E-state index >= 15 is 0 Å². The van der Waals surface area contributed by atoms with Gasteiger partial charge in [0.25, 0.3) is 0 Å². The van der Waals surface area contributed by atoms with E-state index in [9.17, 15) is 4.79 Å². The number of halogens is 3. The first-order valence-electron chi connectivity index (χ1n) is 7.12. The second kappa shape index (κ2) is 7.19. The van der Waals surface area contributed by atoms with Crippen molar-refractivity contribution in [1.29, 1.82) is 0 Å². The summed E-state index contributed by atoms with van der Waals surface area (Å²) < 4.78 is 0. The first kappa shape index (κ1) is 16.9. The molecule has 21 heavy (non-hydrogen) atoms. The molecular formula is C15H19Cl3N2O. The van der Waals surface area contributed by atoms with Gasteiger partial charge in [-0.05, 0) is 43.4 Å². The Morgan fingerprint density at radius 1 is 1.38 bits per heavy atom. The summed E-state index contributed by atoms with van der Waals surface area (Å²) in [6.45, 7) is 1.79. The van der Waals surface area contributed by atoms with Crippen molar-refractivity contribution in [3.05, 3.63) is 33.8 Å². The number of nitrogens with one attached hydrogen (secondary N) is 2. The first-order chi connectivity index (χ1) is 9.66. The van der Waals surface area contributed by atoms with Crippen LogP contribution in [0.25, 0.3) is 0 Å². The lowest BCUT2D eigenvalue weighted by molar-refractivity contribution is -0.122. The zero-order valence-electron chi connectivity index (χ0n) is 11.6. The average Bonchev–Trinajstić information content (AvgIpc) is 3.06. The highest BCUT2D eigenvalue weighted by Crippen LogP contribution is 2.50. The number of carbonyl (C=O) groups excluding carboxylic acids is 1. The second-order valence-electron chi connectivity index (χ2n) is 5.63. The molecule has 1 saturated heterocycles. The summed E-state index contributed by atoms with van der Waals surface area (Å²) >= 11 is 12.2. The summed E-state index contributed by atoms with van der Waals surface area (Å²) in [6.07, 6.45) is 3.21. The molecule has 116 valence electrons. The summed E-state index contributed by atoms with van der Waals surface area (Å²) in [5.41, 5.74) is 0.998. The lowest BCUT2D eigenvalue weighted by Gasteiger charge is -2.11. The van der Waals surface area contributed by atoms with Gasteiger partial charge in [-0.25, -0.2) is 0 Å². The number of carbonyl (C=O) groups is 1. The third-order valence-corrected chi connectivity index (χ3v) is 5.03. The molecule has 1 saturated carbocycles. The maximum atomic E-state index is 12.1. The van der Waals surface area contributed by atoms with Gasteiger partial charge in [0.2, 0.25) is 5.91 Å². The molecule has 0 radical (unpaired) electrons. The molecule has 2 aliphatic rings. The fraction of sp³-hybridized carbons (Fsp3) is 0.533. The highest BCUT2D eigenvalue weighted by molar-refractivity contribution is 6.42. The highest BCUT2D eigenvalue weighted by Gasteiger charge is 2.45. The molecule has 3 unspecified atom stereocenters. The van der Waals surface area contributed by atoms with E-state index in [-0.39, 0.29) is 30.2 Å². The van der Waals surface area contributed by atoms with Crippen LogP contribution in [0.2, 0.25) is 10.0 Å². The Labute approximate surface area is 141 Å². The standard InChI is InChI=1S/C15H18Cl2N2O.ClH/c16-13-5-1-4-10(14(13)17)11-7-12(11)15(20)19-8-9-3-2-6-18-9;/h1,4-5,9,11-12,18H,2-3,6-8H2,(H,19,20);1H. The second-order valence-corrected chi connectivity index (χ2v) is 6.42. The zero-order valence-corrected chi connectivity index (χ0v) is 13.9. The van der Waals surface area contributed by atoms with E-state index in [1.54, 1.807) is 6.07 Å². The van der Waals surface area contributed by atoms with Crippen LogP contribution in [0, 0.1) is 5.92 Å². The van der Waals surface area contributed by atoms with E-state index in [0.717, 1.165) is 31.5 Å². The van der Waals surface area contributed by atoms with Crippen LogP contribution >= 0.6 is 35.6 Å². The van der Waals surface area contributed by atoms with Gasteiger partial charge in [-0.2, -0.15) is 0 Å². The van der Waals surface area contributed by atoms with Crippen LogP contribution in [0.4, 0.5) is 0 Å². The molecule has 2 N–H and O–H groups in total. The van der Waals surface area contributed by atoms with E-state index in [1.165, 1.54) is 6.42 Å². The minimum absolute atomic E-state index is 0. The van der Waals surface area contributed by atoms with E-state index in [2.05, 4.69) is 10.6 Å². The Bertz CT molecular complexity index is 518. The Morgan fingerprint density at radius 3 is 2.90 bits per heavy atom. The van der Waals surface area contributed by atoms with Crippen molar-refractivity contribution < 1.29 is 4.79 Å². The van der Waals surface area contributed by atoms with Gasteiger partial charge >= 0.3 is 0 Å². The van der Waals surface area contributed by atoms with Crippen molar-refractivity contribution in [3.8, 4) is 0 Å². The molecule has 3 rings (SSSR count). The van der Waals surface area contributed by atoms with Crippen LogP contribution in [0.3, 0.4) is 0 Å². The summed E-state index contributed by atoms with van der Waals surface area (Å²) in [4.78, 5) is 12.1. The minimum Gasteiger partial charge on any atom is -0.354 e. The molecule has 0 aromatic heterocycles. The Kier molecular flexibility index (Phi) is 5.78. The number of rotatable bonds is 4. The normalized spacial score (nSPS) is 27.0. The van der Waals surface area contributed by atoms with E-state index in [1.807, 2.05) is 12.1 Å². The van der Waals surface area contributed by atoms with Crippen molar-refractivity contribution in [1.82, 2.24) is 10.6 Å². The highest BCUT2D eigenvalue weighted by atomic mass is 35.5. The minimum atomic E-state index is 0. The summed E-state index contributed by atoms with van der Waals surface area (Å²) in [5.74, 6) is 0.407. The largest absolute Gasteiger partial charge is 0.354 e. The number of hydrogen-bond donors (Lipinski definition) is 2. The maximum Gasteiger partial charge on any atom is 0.223 e. The molecule has 6 heteroatoms. The third kappa shape index (κ3) is 3.84. The van der Waals surface area contributed by atoms with E-state index in [4.69, 9.17) is 23.2 Å². The quantitative estimate of drug-likeness (QED) is 0.875. The van der Waals surface area contributed by atoms with Gasteiger partial charge in [0, 0.05) is 18.5 Å². The van der Waals surface area contributed by atoms with Gasteiger partial charge < -0.3 is 10.6 Å². The molecule has 1 aromatic rings. The number of benzene rings is 1. The summed E-state index contributed by atoms with van der Waals surface area (Å²) in [5, 5.41) is 7.57. The van der Waals surface area contributed by atoms with E-state index in [0.29, 0.717) is 16.1 Å². The molecule has 1 aromatic carbocycles. The summed E-state index contributed by atoms with van der Waals surface area (Å²) in [7, 11) is 0. The molecular weight excluding hydrogens is 331 g/mol. The molecule has 1 amide bonds. The van der Waals surface area contributed by atoms with Crippen molar-refractivity contribution in [3.63, 3.8) is 0 Å². The van der Waals surface area contributed by atoms with Gasteiger partial charge in [0.05, 0.1) is 10.0 Å². The van der Waals surface area contributed by atoms with Crippen LogP contribution < -0.4 is 10.6 Å². The van der Waals surface area contributed by atoms with Gasteiger partial charge in [0.1, 0.15) is 0 Å². The average molecular weight is 350 g/mol. The summed E-state index contributed by atoms with van der Waals surface area (Å²) in [6, 6.07) is 6.06. The molecule has 2 fully saturated rings. The number of amides is 1. The van der Waals surface area contributed by atoms with Crippen molar-refractivity contribution in [2.45, 2.75) is 31.2 Å². The molecule has 1 heterocycles. The molecule has 3 atom stereocenters. The monoisotopic (exact) mass is 348 g/mol. The molecule has 1 aliphatic carbocycles.